The summed E-state index contributed by atoms with van der Waals surface area (Å²) in [4.78, 5) is 0. The average molecular weight is 257 g/mol. The normalized spacial score (nSPS) is 12.1. The predicted molar refractivity (Wildman–Crippen MR) is 68.8 cm³/mol. The van der Waals surface area contributed by atoms with Crippen LogP contribution in [0.25, 0.3) is 0 Å². The molecule has 0 atom stereocenters. The Hall–Kier alpha value is -1.00. The van der Waals surface area contributed by atoms with Crippen LogP contribution in [0.1, 0.15) is 19.4 Å². The number of alkyl halides is 2. The zero-order valence-electron chi connectivity index (χ0n) is 11.0. The Kier molecular flexibility index (Phi) is 6.22. The summed E-state index contributed by atoms with van der Waals surface area (Å²) in [5, 5.41) is 3.31. The highest BCUT2D eigenvalue weighted by atomic mass is 19.3. The Bertz CT molecular complexity index is 328. The topological polar surface area (TPSA) is 21.3 Å². The molecule has 0 amide bonds. The largest absolute Gasteiger partial charge is 0.375 e. The van der Waals surface area contributed by atoms with Gasteiger partial charge in [-0.3, -0.25) is 0 Å². The number of benzene rings is 1. The van der Waals surface area contributed by atoms with Crippen LogP contribution in [-0.4, -0.2) is 26.2 Å². The first-order valence-corrected chi connectivity index (χ1v) is 6.10. The third-order valence-electron chi connectivity index (χ3n) is 2.51. The van der Waals surface area contributed by atoms with Crippen LogP contribution in [0.5, 0.6) is 0 Å². The van der Waals surface area contributed by atoms with E-state index >= 15 is 0 Å². The lowest BCUT2D eigenvalue weighted by Crippen LogP contribution is -2.33. The van der Waals surface area contributed by atoms with Crippen LogP contribution in [0.2, 0.25) is 0 Å². The molecule has 1 aromatic carbocycles. The minimum atomic E-state index is -2.39. The summed E-state index contributed by atoms with van der Waals surface area (Å²) in [6.07, 6.45) is -2.39. The molecule has 0 saturated carbocycles. The van der Waals surface area contributed by atoms with Crippen molar-refractivity contribution in [1.29, 1.82) is 0 Å². The van der Waals surface area contributed by atoms with Crippen molar-refractivity contribution in [2.45, 2.75) is 26.8 Å². The molecule has 18 heavy (non-hydrogen) atoms. The molecule has 0 heterocycles. The summed E-state index contributed by atoms with van der Waals surface area (Å²) in [6, 6.07) is 10.1. The van der Waals surface area contributed by atoms with Gasteiger partial charge in [0, 0.05) is 18.5 Å². The monoisotopic (exact) mass is 257 g/mol. The lowest BCUT2D eigenvalue weighted by molar-refractivity contribution is -0.0123. The molecule has 0 saturated heterocycles. The molecule has 1 aromatic rings. The van der Waals surface area contributed by atoms with E-state index in [2.05, 4.69) is 5.32 Å². The molecule has 1 N–H and O–H groups in total. The van der Waals surface area contributed by atoms with E-state index in [0.29, 0.717) is 6.61 Å². The van der Waals surface area contributed by atoms with Gasteiger partial charge in [0.05, 0.1) is 6.61 Å². The van der Waals surface area contributed by atoms with Gasteiger partial charge >= 0.3 is 0 Å². The smallest absolute Gasteiger partial charge is 0.261 e. The van der Waals surface area contributed by atoms with Gasteiger partial charge in [0.2, 0.25) is 0 Å². The molecule has 4 heteroatoms. The number of hydrogen-bond donors (Lipinski definition) is 1. The van der Waals surface area contributed by atoms with Gasteiger partial charge in [0.25, 0.3) is 6.43 Å². The van der Waals surface area contributed by atoms with E-state index in [1.165, 1.54) is 5.56 Å². The molecule has 0 radical (unpaired) electrons. The van der Waals surface area contributed by atoms with Crippen LogP contribution in [0.15, 0.2) is 30.3 Å². The van der Waals surface area contributed by atoms with Gasteiger partial charge in [-0.2, -0.15) is 0 Å². The number of nitrogens with one attached hydrogen (secondary N) is 1. The van der Waals surface area contributed by atoms with E-state index in [0.717, 1.165) is 13.1 Å². The maximum Gasteiger partial charge on any atom is 0.261 e. The fourth-order valence-corrected chi connectivity index (χ4v) is 1.62. The van der Waals surface area contributed by atoms with E-state index in [9.17, 15) is 8.78 Å². The van der Waals surface area contributed by atoms with E-state index in [-0.39, 0.29) is 5.41 Å². The molecule has 0 fully saturated rings. The summed E-state index contributed by atoms with van der Waals surface area (Å²) in [7, 11) is 0. The zero-order valence-corrected chi connectivity index (χ0v) is 11.0. The van der Waals surface area contributed by atoms with E-state index in [1.807, 2.05) is 44.2 Å². The highest BCUT2D eigenvalue weighted by molar-refractivity contribution is 5.14. The van der Waals surface area contributed by atoms with Crippen LogP contribution in [0.4, 0.5) is 8.78 Å². The number of hydrogen-bond acceptors (Lipinski definition) is 2. The van der Waals surface area contributed by atoms with Crippen molar-refractivity contribution in [3.8, 4) is 0 Å². The summed E-state index contributed by atoms with van der Waals surface area (Å²) in [5.41, 5.74) is 1.06. The molecule has 102 valence electrons. The molecule has 0 aliphatic carbocycles. The van der Waals surface area contributed by atoms with Crippen molar-refractivity contribution < 1.29 is 13.5 Å². The Morgan fingerprint density at radius 1 is 1.22 bits per heavy atom. The Balaban J connectivity index is 2.20. The molecule has 0 bridgehead atoms. The van der Waals surface area contributed by atoms with Crippen molar-refractivity contribution in [3.63, 3.8) is 0 Å². The molecular formula is C14H21F2NO. The van der Waals surface area contributed by atoms with Crippen LogP contribution in [0.3, 0.4) is 0 Å². The molecule has 2 nitrogen and oxygen atoms in total. The summed E-state index contributed by atoms with van der Waals surface area (Å²) < 4.78 is 28.9. The lowest BCUT2D eigenvalue weighted by Gasteiger charge is -2.24. The SMILES string of the molecule is CC(C)(CNCc1ccccc1)COCC(F)F. The third-order valence-corrected chi connectivity index (χ3v) is 2.51. The fraction of sp³-hybridized carbons (Fsp3) is 0.571. The first-order chi connectivity index (χ1) is 8.49. The van der Waals surface area contributed by atoms with Gasteiger partial charge in [-0.25, -0.2) is 8.78 Å². The van der Waals surface area contributed by atoms with Crippen molar-refractivity contribution in [3.05, 3.63) is 35.9 Å². The fourth-order valence-electron chi connectivity index (χ4n) is 1.62. The number of halogens is 2. The van der Waals surface area contributed by atoms with Gasteiger partial charge in [0.1, 0.15) is 6.61 Å². The second-order valence-electron chi connectivity index (χ2n) is 5.16. The van der Waals surface area contributed by atoms with Crippen molar-refractivity contribution in [2.24, 2.45) is 5.41 Å². The highest BCUT2D eigenvalue weighted by Crippen LogP contribution is 2.14. The summed E-state index contributed by atoms with van der Waals surface area (Å²) >= 11 is 0. The first-order valence-electron chi connectivity index (χ1n) is 6.10. The molecule has 0 unspecified atom stereocenters. The van der Waals surface area contributed by atoms with Crippen LogP contribution < -0.4 is 5.32 Å². The van der Waals surface area contributed by atoms with E-state index in [4.69, 9.17) is 4.74 Å². The number of rotatable bonds is 8. The van der Waals surface area contributed by atoms with Gasteiger partial charge in [0.15, 0.2) is 0 Å². The minimum Gasteiger partial charge on any atom is -0.375 e. The molecule has 1 rings (SSSR count). The van der Waals surface area contributed by atoms with E-state index < -0.39 is 13.0 Å². The zero-order chi connectivity index (χ0) is 13.4. The lowest BCUT2D eigenvalue weighted by atomic mass is 9.95. The van der Waals surface area contributed by atoms with E-state index in [1.54, 1.807) is 0 Å². The maximum absolute atomic E-state index is 11.9. The molecule has 0 aliphatic heterocycles. The molecular weight excluding hydrogens is 236 g/mol. The number of ether oxygens (including phenoxy) is 1. The van der Waals surface area contributed by atoms with Crippen molar-refractivity contribution in [1.82, 2.24) is 5.32 Å². The van der Waals surface area contributed by atoms with Crippen LogP contribution in [-0.2, 0) is 11.3 Å². The summed E-state index contributed by atoms with van der Waals surface area (Å²) in [5.74, 6) is 0. The van der Waals surface area contributed by atoms with Crippen molar-refractivity contribution in [2.75, 3.05) is 19.8 Å². The predicted octanol–water partition coefficient (Wildman–Crippen LogP) is 3.08. The molecule has 0 aliphatic rings. The Morgan fingerprint density at radius 3 is 2.50 bits per heavy atom. The Morgan fingerprint density at radius 2 is 1.89 bits per heavy atom. The maximum atomic E-state index is 11.9. The first kappa shape index (κ1) is 15.1. The molecule has 0 aromatic heterocycles. The van der Waals surface area contributed by atoms with Gasteiger partial charge < -0.3 is 10.1 Å². The summed E-state index contributed by atoms with van der Waals surface area (Å²) in [6.45, 7) is 5.35. The standard InChI is InChI=1S/C14H21F2NO/c1-14(2,11-18-9-13(15)16)10-17-8-12-6-4-3-5-7-12/h3-7,13,17H,8-11H2,1-2H3. The molecule has 0 spiro atoms. The van der Waals surface area contributed by atoms with Crippen LogP contribution >= 0.6 is 0 Å². The Labute approximate surface area is 107 Å². The average Bonchev–Trinajstić information content (AvgIpc) is 2.29. The van der Waals surface area contributed by atoms with Gasteiger partial charge in [-0.15, -0.1) is 0 Å². The minimum absolute atomic E-state index is 0.149. The van der Waals surface area contributed by atoms with Crippen molar-refractivity contribution >= 4 is 0 Å². The van der Waals surface area contributed by atoms with Gasteiger partial charge in [-0.05, 0) is 5.56 Å². The highest BCUT2D eigenvalue weighted by Gasteiger charge is 2.18. The third kappa shape index (κ3) is 6.67. The second-order valence-corrected chi connectivity index (χ2v) is 5.16. The quantitative estimate of drug-likeness (QED) is 0.772. The second kappa shape index (κ2) is 7.44. The van der Waals surface area contributed by atoms with Crippen LogP contribution in [0, 0.1) is 5.41 Å². The van der Waals surface area contributed by atoms with Gasteiger partial charge in [-0.1, -0.05) is 44.2 Å².